The van der Waals surface area contributed by atoms with Gasteiger partial charge in [0.05, 0.1) is 6.26 Å². The molecule has 0 saturated heterocycles. The maximum absolute atomic E-state index is 9.11. The van der Waals surface area contributed by atoms with Crippen molar-refractivity contribution in [1.29, 1.82) is 0 Å². The van der Waals surface area contributed by atoms with Crippen LogP contribution in [0.2, 0.25) is 0 Å². The molecule has 0 radical (unpaired) electrons. The Labute approximate surface area is 130 Å². The van der Waals surface area contributed by atoms with E-state index in [2.05, 4.69) is 35.6 Å². The molecule has 0 spiro atoms. The Morgan fingerprint density at radius 1 is 1.00 bits per heavy atom. The first kappa shape index (κ1) is 14.8. The van der Waals surface area contributed by atoms with Crippen LogP contribution in [-0.2, 0) is 6.54 Å². The molecule has 114 valence electrons. The van der Waals surface area contributed by atoms with Crippen molar-refractivity contribution in [3.05, 3.63) is 72.0 Å². The van der Waals surface area contributed by atoms with Crippen LogP contribution < -0.4 is 5.32 Å². The smallest absolute Gasteiger partial charge is 0.134 e. The zero-order valence-electron chi connectivity index (χ0n) is 12.5. The average Bonchev–Trinajstić information content (AvgIpc) is 2.99. The highest BCUT2D eigenvalue weighted by Gasteiger charge is 2.12. The first-order valence-electron chi connectivity index (χ1n) is 7.73. The lowest BCUT2D eigenvalue weighted by molar-refractivity contribution is 0.275. The fourth-order valence-electron chi connectivity index (χ4n) is 2.77. The van der Waals surface area contributed by atoms with E-state index in [1.54, 1.807) is 0 Å². The van der Waals surface area contributed by atoms with Gasteiger partial charge in [-0.25, -0.2) is 0 Å². The molecule has 0 saturated carbocycles. The van der Waals surface area contributed by atoms with E-state index < -0.39 is 0 Å². The number of nitrogens with one attached hydrogen (secondary N) is 1. The van der Waals surface area contributed by atoms with E-state index >= 15 is 0 Å². The molecular formula is C19H21NO2. The number of hydrogen-bond acceptors (Lipinski definition) is 3. The van der Waals surface area contributed by atoms with Gasteiger partial charge in [-0.05, 0) is 24.5 Å². The maximum atomic E-state index is 9.11. The van der Waals surface area contributed by atoms with Crippen LogP contribution in [0.4, 0.5) is 0 Å². The second-order valence-electron chi connectivity index (χ2n) is 5.47. The molecule has 0 amide bonds. The van der Waals surface area contributed by atoms with Crippen molar-refractivity contribution >= 4 is 11.0 Å². The summed E-state index contributed by atoms with van der Waals surface area (Å²) in [4.78, 5) is 0. The Hall–Kier alpha value is -2.10. The summed E-state index contributed by atoms with van der Waals surface area (Å²) in [7, 11) is 0. The predicted molar refractivity (Wildman–Crippen MR) is 88.6 cm³/mol. The van der Waals surface area contributed by atoms with E-state index in [1.807, 2.05) is 30.5 Å². The molecule has 22 heavy (non-hydrogen) atoms. The monoisotopic (exact) mass is 295 g/mol. The average molecular weight is 295 g/mol. The van der Waals surface area contributed by atoms with Crippen molar-refractivity contribution in [3.63, 3.8) is 0 Å². The molecule has 3 heteroatoms. The first-order valence-corrected chi connectivity index (χ1v) is 7.73. The highest BCUT2D eigenvalue weighted by atomic mass is 16.3. The van der Waals surface area contributed by atoms with Crippen LogP contribution in [0.3, 0.4) is 0 Å². The van der Waals surface area contributed by atoms with Crippen molar-refractivity contribution in [1.82, 2.24) is 5.32 Å². The van der Waals surface area contributed by atoms with E-state index in [0.29, 0.717) is 0 Å². The highest BCUT2D eigenvalue weighted by Crippen LogP contribution is 2.23. The van der Waals surface area contributed by atoms with E-state index in [0.717, 1.165) is 30.4 Å². The van der Waals surface area contributed by atoms with Crippen molar-refractivity contribution in [2.24, 2.45) is 0 Å². The third kappa shape index (κ3) is 3.38. The van der Waals surface area contributed by atoms with Gasteiger partial charge in [0.25, 0.3) is 0 Å². The normalized spacial score (nSPS) is 12.6. The van der Waals surface area contributed by atoms with Gasteiger partial charge in [0.2, 0.25) is 0 Å². The summed E-state index contributed by atoms with van der Waals surface area (Å²) in [6.45, 7) is 0.974. The van der Waals surface area contributed by atoms with E-state index in [1.165, 1.54) is 11.1 Å². The molecule has 1 heterocycles. The number of furan rings is 1. The summed E-state index contributed by atoms with van der Waals surface area (Å²) in [5.41, 5.74) is 3.34. The van der Waals surface area contributed by atoms with Crippen LogP contribution in [0, 0.1) is 0 Å². The SMILES string of the molecule is OCCCC(NCc1coc2ccccc12)c1ccccc1. The molecule has 1 atom stereocenters. The zero-order chi connectivity index (χ0) is 15.2. The molecule has 3 aromatic rings. The van der Waals surface area contributed by atoms with Crippen LogP contribution >= 0.6 is 0 Å². The van der Waals surface area contributed by atoms with Crippen molar-refractivity contribution in [2.45, 2.75) is 25.4 Å². The van der Waals surface area contributed by atoms with Gasteiger partial charge in [0.1, 0.15) is 5.58 Å². The van der Waals surface area contributed by atoms with Crippen molar-refractivity contribution < 1.29 is 9.52 Å². The topological polar surface area (TPSA) is 45.4 Å². The third-order valence-corrected chi connectivity index (χ3v) is 3.95. The highest BCUT2D eigenvalue weighted by molar-refractivity contribution is 5.80. The molecule has 0 aliphatic rings. The number of benzene rings is 2. The van der Waals surface area contributed by atoms with Gasteiger partial charge in [-0.1, -0.05) is 48.5 Å². The van der Waals surface area contributed by atoms with Gasteiger partial charge in [-0.15, -0.1) is 0 Å². The standard InChI is InChI=1S/C19H21NO2/c21-12-6-10-18(15-7-2-1-3-8-15)20-13-16-14-22-19-11-5-4-9-17(16)19/h1-5,7-9,11,14,18,20-21H,6,10,12-13H2. The molecule has 1 aromatic heterocycles. The summed E-state index contributed by atoms with van der Waals surface area (Å²) < 4.78 is 5.59. The van der Waals surface area contributed by atoms with Crippen molar-refractivity contribution in [3.8, 4) is 0 Å². The van der Waals surface area contributed by atoms with Crippen LogP contribution in [0.15, 0.2) is 65.3 Å². The lowest BCUT2D eigenvalue weighted by atomic mass is 10.0. The number of fused-ring (bicyclic) bond motifs is 1. The zero-order valence-corrected chi connectivity index (χ0v) is 12.5. The summed E-state index contributed by atoms with van der Waals surface area (Å²) in [6.07, 6.45) is 3.53. The quantitative estimate of drug-likeness (QED) is 0.691. The lowest BCUT2D eigenvalue weighted by Gasteiger charge is -2.18. The second-order valence-corrected chi connectivity index (χ2v) is 5.47. The van der Waals surface area contributed by atoms with Gasteiger partial charge in [-0.3, -0.25) is 0 Å². The minimum absolute atomic E-state index is 0.222. The summed E-state index contributed by atoms with van der Waals surface area (Å²) in [6, 6.07) is 18.7. The summed E-state index contributed by atoms with van der Waals surface area (Å²) in [5.74, 6) is 0. The number of aliphatic hydroxyl groups is 1. The van der Waals surface area contributed by atoms with E-state index in [-0.39, 0.29) is 12.6 Å². The van der Waals surface area contributed by atoms with Gasteiger partial charge in [0.15, 0.2) is 0 Å². The summed E-state index contributed by atoms with van der Waals surface area (Å²) >= 11 is 0. The number of aliphatic hydroxyl groups excluding tert-OH is 1. The Bertz CT molecular complexity index is 706. The number of hydrogen-bond donors (Lipinski definition) is 2. The Morgan fingerprint density at radius 2 is 1.77 bits per heavy atom. The van der Waals surface area contributed by atoms with Crippen LogP contribution in [0.25, 0.3) is 11.0 Å². The molecule has 3 rings (SSSR count). The third-order valence-electron chi connectivity index (χ3n) is 3.95. The maximum Gasteiger partial charge on any atom is 0.134 e. The molecule has 0 bridgehead atoms. The molecular weight excluding hydrogens is 274 g/mol. The lowest BCUT2D eigenvalue weighted by Crippen LogP contribution is -2.21. The van der Waals surface area contributed by atoms with Crippen LogP contribution in [-0.4, -0.2) is 11.7 Å². The molecule has 0 fully saturated rings. The molecule has 1 unspecified atom stereocenters. The number of rotatable bonds is 7. The van der Waals surface area contributed by atoms with Gasteiger partial charge < -0.3 is 14.8 Å². The van der Waals surface area contributed by atoms with Crippen LogP contribution in [0.5, 0.6) is 0 Å². The van der Waals surface area contributed by atoms with E-state index in [9.17, 15) is 0 Å². The minimum Gasteiger partial charge on any atom is -0.464 e. The van der Waals surface area contributed by atoms with Crippen LogP contribution in [0.1, 0.15) is 30.0 Å². The van der Waals surface area contributed by atoms with Gasteiger partial charge in [0, 0.05) is 30.1 Å². The largest absolute Gasteiger partial charge is 0.464 e. The minimum atomic E-state index is 0.222. The fraction of sp³-hybridized carbons (Fsp3) is 0.263. The summed E-state index contributed by atoms with van der Waals surface area (Å²) in [5, 5.41) is 13.9. The molecule has 2 N–H and O–H groups in total. The Morgan fingerprint density at radius 3 is 2.59 bits per heavy atom. The van der Waals surface area contributed by atoms with E-state index in [4.69, 9.17) is 9.52 Å². The fourth-order valence-corrected chi connectivity index (χ4v) is 2.77. The Balaban J connectivity index is 1.73. The van der Waals surface area contributed by atoms with Gasteiger partial charge >= 0.3 is 0 Å². The number of para-hydroxylation sites is 1. The first-order chi connectivity index (χ1) is 10.9. The molecule has 2 aromatic carbocycles. The molecule has 0 aliphatic heterocycles. The molecule has 0 aliphatic carbocycles. The van der Waals surface area contributed by atoms with Gasteiger partial charge in [-0.2, -0.15) is 0 Å². The second kappa shape index (κ2) is 7.25. The van der Waals surface area contributed by atoms with Crippen molar-refractivity contribution in [2.75, 3.05) is 6.61 Å². The Kier molecular flexibility index (Phi) is 4.88. The predicted octanol–water partition coefficient (Wildman–Crippen LogP) is 4.04. The molecule has 3 nitrogen and oxygen atoms in total.